The van der Waals surface area contributed by atoms with Crippen molar-refractivity contribution in [1.29, 1.82) is 0 Å². The van der Waals surface area contributed by atoms with Crippen LogP contribution < -0.4 is 10.3 Å². The van der Waals surface area contributed by atoms with Crippen LogP contribution in [0.2, 0.25) is 0 Å². The molecular formula is C27H27F3N4O3. The summed E-state index contributed by atoms with van der Waals surface area (Å²) in [7, 11) is 1.29. The topological polar surface area (TPSA) is 91.3 Å². The van der Waals surface area contributed by atoms with Crippen molar-refractivity contribution in [3.63, 3.8) is 0 Å². The number of fused-ring (bicyclic) bond motifs is 3. The maximum Gasteiger partial charge on any atom is 0.296 e. The molecule has 4 aromatic rings. The Morgan fingerprint density at radius 2 is 2.08 bits per heavy atom. The molecule has 0 saturated carbocycles. The molecule has 2 aromatic heterocycles. The number of H-pyrrole nitrogens is 1. The number of nitrogens with one attached hydrogen (secondary N) is 1. The first-order valence-corrected chi connectivity index (χ1v) is 12.3. The van der Waals surface area contributed by atoms with E-state index in [0.29, 0.717) is 35.3 Å². The normalized spacial score (nSPS) is 19.2. The summed E-state index contributed by atoms with van der Waals surface area (Å²) >= 11 is 0. The van der Waals surface area contributed by atoms with Crippen LogP contribution in [0.15, 0.2) is 35.3 Å². The van der Waals surface area contributed by atoms with E-state index in [1.165, 1.54) is 50.4 Å². The number of phenols is 1. The van der Waals surface area contributed by atoms with Crippen LogP contribution in [0.4, 0.5) is 13.2 Å². The lowest BCUT2D eigenvalue weighted by Crippen LogP contribution is -2.22. The SMILES string of the molecule is CCc1c(F)ccc2cc(O)cc(-c3ncc4c(=O)[nH]c(OC)nc4c3F)c12.FC1CC2CCCN2C1. The van der Waals surface area contributed by atoms with Gasteiger partial charge in [-0.2, -0.15) is 4.98 Å². The number of halogens is 3. The standard InChI is InChI=1S/C20H15F2N3O3.C7H12FN/c1-3-11-14(21)5-4-9-6-10(26)7-12(15(9)11)17-16(22)18-13(8-23-17)19(27)25-20(24-18)28-2;8-6-4-7-2-1-3-9(7)5-6/h4-8,26H,3H2,1-2H3,(H,24,25,27);6-7H,1-5H2. The number of rotatable bonds is 3. The van der Waals surface area contributed by atoms with Crippen LogP contribution in [0.3, 0.4) is 0 Å². The average molecular weight is 513 g/mol. The van der Waals surface area contributed by atoms with Crippen LogP contribution in [0, 0.1) is 11.6 Å². The zero-order valence-corrected chi connectivity index (χ0v) is 20.5. The molecule has 4 heterocycles. The highest BCUT2D eigenvalue weighted by Crippen LogP contribution is 2.37. The Bertz CT molecular complexity index is 1530. The minimum absolute atomic E-state index is 0.0478. The Kier molecular flexibility index (Phi) is 6.76. The maximum atomic E-state index is 15.3. The molecule has 2 unspecified atom stereocenters. The number of aromatic amines is 1. The summed E-state index contributed by atoms with van der Waals surface area (Å²) in [6.45, 7) is 3.64. The highest BCUT2D eigenvalue weighted by atomic mass is 19.1. The molecule has 194 valence electrons. The number of aromatic hydroxyl groups is 1. The number of aromatic nitrogens is 3. The van der Waals surface area contributed by atoms with Crippen LogP contribution in [-0.4, -0.2) is 57.4 Å². The summed E-state index contributed by atoms with van der Waals surface area (Å²) in [5, 5.41) is 11.0. The molecule has 0 spiro atoms. The number of nitrogens with zero attached hydrogens (tertiary/aromatic N) is 3. The summed E-state index contributed by atoms with van der Waals surface area (Å²) < 4.78 is 47.2. The van der Waals surface area contributed by atoms with Crippen molar-refractivity contribution in [2.45, 2.75) is 44.8 Å². The van der Waals surface area contributed by atoms with E-state index in [-0.39, 0.29) is 33.9 Å². The molecule has 2 aliphatic heterocycles. The van der Waals surface area contributed by atoms with Gasteiger partial charge in [0.1, 0.15) is 28.9 Å². The van der Waals surface area contributed by atoms with Crippen LogP contribution in [-0.2, 0) is 6.42 Å². The van der Waals surface area contributed by atoms with Crippen LogP contribution >= 0.6 is 0 Å². The summed E-state index contributed by atoms with van der Waals surface area (Å²) in [6, 6.07) is 6.08. The molecule has 2 aromatic carbocycles. The minimum Gasteiger partial charge on any atom is -0.508 e. The van der Waals surface area contributed by atoms with Crippen molar-refractivity contribution < 1.29 is 23.0 Å². The van der Waals surface area contributed by atoms with Crippen molar-refractivity contribution in [3.05, 3.63) is 58.0 Å². The predicted octanol–water partition coefficient (Wildman–Crippen LogP) is 4.89. The zero-order chi connectivity index (χ0) is 26.3. The molecule has 0 aliphatic carbocycles. The van der Waals surface area contributed by atoms with Gasteiger partial charge >= 0.3 is 0 Å². The van der Waals surface area contributed by atoms with E-state index in [2.05, 4.69) is 19.9 Å². The first-order chi connectivity index (χ1) is 17.8. The van der Waals surface area contributed by atoms with Gasteiger partial charge in [0.15, 0.2) is 5.82 Å². The van der Waals surface area contributed by atoms with Gasteiger partial charge in [0.2, 0.25) is 0 Å². The largest absolute Gasteiger partial charge is 0.508 e. The van der Waals surface area contributed by atoms with Crippen molar-refractivity contribution in [2.24, 2.45) is 0 Å². The molecule has 2 fully saturated rings. The fraction of sp³-hybridized carbons (Fsp3) is 0.370. The summed E-state index contributed by atoms with van der Waals surface area (Å²) in [6.07, 6.45) is 4.37. The lowest BCUT2D eigenvalue weighted by atomic mass is 9.94. The number of hydrogen-bond acceptors (Lipinski definition) is 6. The first kappa shape index (κ1) is 25.0. The van der Waals surface area contributed by atoms with E-state index < -0.39 is 23.4 Å². The lowest BCUT2D eigenvalue weighted by Gasteiger charge is -2.13. The van der Waals surface area contributed by atoms with Gasteiger partial charge in [-0.05, 0) is 66.8 Å². The van der Waals surface area contributed by atoms with E-state index in [1.54, 1.807) is 6.92 Å². The Morgan fingerprint density at radius 1 is 1.27 bits per heavy atom. The van der Waals surface area contributed by atoms with Gasteiger partial charge in [0.25, 0.3) is 11.6 Å². The lowest BCUT2D eigenvalue weighted by molar-refractivity contribution is 0.292. The molecule has 2 saturated heterocycles. The van der Waals surface area contributed by atoms with Gasteiger partial charge in [-0.15, -0.1) is 0 Å². The zero-order valence-electron chi connectivity index (χ0n) is 20.5. The van der Waals surface area contributed by atoms with E-state index in [9.17, 15) is 18.7 Å². The third kappa shape index (κ3) is 4.61. The maximum absolute atomic E-state index is 15.3. The smallest absolute Gasteiger partial charge is 0.296 e. The second-order valence-corrected chi connectivity index (χ2v) is 9.35. The number of pyridine rings is 1. The molecule has 2 aliphatic rings. The van der Waals surface area contributed by atoms with Crippen molar-refractivity contribution in [3.8, 4) is 23.0 Å². The highest BCUT2D eigenvalue weighted by Gasteiger charge is 2.34. The Balaban J connectivity index is 0.000000260. The number of hydrogen-bond donors (Lipinski definition) is 2. The average Bonchev–Trinajstić information content (AvgIpc) is 3.45. The van der Waals surface area contributed by atoms with Gasteiger partial charge in [0, 0.05) is 24.3 Å². The third-order valence-corrected chi connectivity index (χ3v) is 7.09. The second kappa shape index (κ2) is 10.0. The van der Waals surface area contributed by atoms with Gasteiger partial charge in [-0.1, -0.05) is 13.0 Å². The Hall–Kier alpha value is -3.66. The number of aryl methyl sites for hydroxylation is 1. The Morgan fingerprint density at radius 3 is 2.81 bits per heavy atom. The van der Waals surface area contributed by atoms with Gasteiger partial charge in [0.05, 0.1) is 12.5 Å². The fourth-order valence-corrected chi connectivity index (χ4v) is 5.39. The quantitative estimate of drug-likeness (QED) is 0.406. The van der Waals surface area contributed by atoms with E-state index in [4.69, 9.17) is 4.74 Å². The molecule has 2 N–H and O–H groups in total. The van der Waals surface area contributed by atoms with Crippen molar-refractivity contribution >= 4 is 21.7 Å². The fourth-order valence-electron chi connectivity index (χ4n) is 5.39. The summed E-state index contributed by atoms with van der Waals surface area (Å²) in [4.78, 5) is 24.8. The van der Waals surface area contributed by atoms with Gasteiger partial charge < -0.3 is 9.84 Å². The molecule has 0 radical (unpaired) electrons. The molecule has 10 heteroatoms. The van der Waals surface area contributed by atoms with Gasteiger partial charge in [-0.25, -0.2) is 13.2 Å². The van der Waals surface area contributed by atoms with Crippen LogP contribution in [0.1, 0.15) is 31.7 Å². The molecule has 0 bridgehead atoms. The van der Waals surface area contributed by atoms with Crippen molar-refractivity contribution in [2.75, 3.05) is 20.2 Å². The molecule has 6 rings (SSSR count). The number of ether oxygens (including phenoxy) is 1. The Labute approximate surface area is 210 Å². The highest BCUT2D eigenvalue weighted by molar-refractivity contribution is 6.00. The van der Waals surface area contributed by atoms with Crippen LogP contribution in [0.25, 0.3) is 32.9 Å². The number of methoxy groups -OCH3 is 1. The second-order valence-electron chi connectivity index (χ2n) is 9.35. The van der Waals surface area contributed by atoms with E-state index in [0.717, 1.165) is 13.0 Å². The monoisotopic (exact) mass is 512 g/mol. The number of phenolic OH excluding ortho intramolecular Hbond substituents is 1. The molecule has 37 heavy (non-hydrogen) atoms. The van der Waals surface area contributed by atoms with E-state index >= 15 is 4.39 Å². The minimum atomic E-state index is -0.861. The van der Waals surface area contributed by atoms with Crippen LogP contribution in [0.5, 0.6) is 11.8 Å². The first-order valence-electron chi connectivity index (χ1n) is 12.3. The number of alkyl halides is 1. The molecule has 0 amide bonds. The third-order valence-electron chi connectivity index (χ3n) is 7.09. The summed E-state index contributed by atoms with van der Waals surface area (Å²) in [5.41, 5.74) is -0.372. The van der Waals surface area contributed by atoms with Gasteiger partial charge in [-0.3, -0.25) is 19.7 Å². The molecule has 7 nitrogen and oxygen atoms in total. The van der Waals surface area contributed by atoms with E-state index in [1.807, 2.05) is 0 Å². The predicted molar refractivity (Wildman–Crippen MR) is 135 cm³/mol. The summed E-state index contributed by atoms with van der Waals surface area (Å²) in [5.74, 6) is -1.41. The molecule has 2 atom stereocenters. The number of benzene rings is 2. The molecular weight excluding hydrogens is 485 g/mol. The van der Waals surface area contributed by atoms with Crippen molar-refractivity contribution in [1.82, 2.24) is 19.9 Å².